The smallest absolute Gasteiger partial charge is 0.170 e. The fraction of sp³-hybridized carbons (Fsp3) is 0.200. The van der Waals surface area contributed by atoms with Gasteiger partial charge in [0.15, 0.2) is 5.65 Å². The first-order valence-corrected chi connectivity index (χ1v) is 7.45. The third-order valence-corrected chi connectivity index (χ3v) is 4.41. The van der Waals surface area contributed by atoms with Gasteiger partial charge in [0, 0.05) is 36.8 Å². The number of halogens is 1. The van der Waals surface area contributed by atoms with Crippen LogP contribution in [0.2, 0.25) is 0 Å². The average molecular weight is 329 g/mol. The van der Waals surface area contributed by atoms with Crippen molar-refractivity contribution in [1.29, 1.82) is 0 Å². The molecule has 3 aromatic rings. The van der Waals surface area contributed by atoms with Crippen molar-refractivity contribution >= 4 is 21.6 Å². The first-order chi connectivity index (χ1) is 9.84. The fourth-order valence-corrected chi connectivity index (χ4v) is 3.24. The van der Waals surface area contributed by atoms with Gasteiger partial charge in [-0.2, -0.15) is 5.10 Å². The molecule has 2 aromatic heterocycles. The lowest BCUT2D eigenvalue weighted by molar-refractivity contribution is 0.610. The Bertz CT molecular complexity index is 779. The molecule has 1 aliphatic rings. The van der Waals surface area contributed by atoms with Crippen LogP contribution in [0.1, 0.15) is 11.3 Å². The molecule has 0 spiro atoms. The Kier molecular flexibility index (Phi) is 2.82. The molecule has 0 fully saturated rings. The zero-order chi connectivity index (χ0) is 13.5. The predicted octanol–water partition coefficient (Wildman–Crippen LogP) is 2.80. The third kappa shape index (κ3) is 1.77. The first kappa shape index (κ1) is 12.1. The van der Waals surface area contributed by atoms with Crippen molar-refractivity contribution in [3.05, 3.63) is 52.3 Å². The molecule has 0 aliphatic carbocycles. The summed E-state index contributed by atoms with van der Waals surface area (Å²) >= 11 is 3.65. The minimum atomic E-state index is 0.871. The molecule has 0 radical (unpaired) electrons. The van der Waals surface area contributed by atoms with Gasteiger partial charge in [-0.25, -0.2) is 9.50 Å². The summed E-state index contributed by atoms with van der Waals surface area (Å²) in [5, 5.41) is 8.14. The maximum Gasteiger partial charge on any atom is 0.170 e. The summed E-state index contributed by atoms with van der Waals surface area (Å²) in [4.78, 5) is 4.55. The zero-order valence-electron chi connectivity index (χ0n) is 10.8. The number of rotatable bonds is 1. The molecule has 3 heterocycles. The highest BCUT2D eigenvalue weighted by Crippen LogP contribution is 2.31. The highest BCUT2D eigenvalue weighted by molar-refractivity contribution is 9.10. The van der Waals surface area contributed by atoms with Crippen LogP contribution in [-0.4, -0.2) is 21.1 Å². The highest BCUT2D eigenvalue weighted by atomic mass is 79.9. The lowest BCUT2D eigenvalue weighted by Crippen LogP contribution is -2.26. The number of benzene rings is 1. The van der Waals surface area contributed by atoms with E-state index in [2.05, 4.69) is 38.4 Å². The molecule has 0 atom stereocenters. The van der Waals surface area contributed by atoms with Gasteiger partial charge in [-0.15, -0.1) is 0 Å². The minimum absolute atomic E-state index is 0.871. The number of nitrogens with zero attached hydrogens (tertiary/aromatic N) is 3. The van der Waals surface area contributed by atoms with Crippen molar-refractivity contribution in [2.24, 2.45) is 0 Å². The summed E-state index contributed by atoms with van der Waals surface area (Å²) in [5.41, 5.74) is 5.44. The summed E-state index contributed by atoms with van der Waals surface area (Å²) in [6.07, 6.45) is 2.94. The molecule has 1 aliphatic heterocycles. The van der Waals surface area contributed by atoms with E-state index < -0.39 is 0 Å². The topological polar surface area (TPSA) is 42.2 Å². The molecule has 0 saturated heterocycles. The number of aromatic nitrogens is 3. The Balaban J connectivity index is 1.99. The Morgan fingerprint density at radius 1 is 1.20 bits per heavy atom. The van der Waals surface area contributed by atoms with Crippen LogP contribution in [0, 0.1) is 0 Å². The standard InChI is InChI=1S/C15H13BrN4/c16-13-14(10-4-2-1-3-5-10)19-20-12-6-7-17-8-11(12)9-18-15(13)20/h1-5,9,17H,6-8H2. The van der Waals surface area contributed by atoms with Gasteiger partial charge in [0.05, 0.1) is 10.2 Å². The van der Waals surface area contributed by atoms with Gasteiger partial charge >= 0.3 is 0 Å². The summed E-state index contributed by atoms with van der Waals surface area (Å²) in [6, 6.07) is 10.2. The van der Waals surface area contributed by atoms with E-state index >= 15 is 0 Å². The second kappa shape index (κ2) is 4.68. The largest absolute Gasteiger partial charge is 0.312 e. The maximum atomic E-state index is 4.78. The molecule has 0 bridgehead atoms. The summed E-state index contributed by atoms with van der Waals surface area (Å²) in [5.74, 6) is 0. The average Bonchev–Trinajstić information content (AvgIpc) is 2.86. The molecular weight excluding hydrogens is 316 g/mol. The van der Waals surface area contributed by atoms with Crippen LogP contribution in [0.15, 0.2) is 41.0 Å². The Hall–Kier alpha value is -1.72. The van der Waals surface area contributed by atoms with E-state index in [0.717, 1.165) is 40.9 Å². The van der Waals surface area contributed by atoms with Gasteiger partial charge in [0.2, 0.25) is 0 Å². The number of nitrogens with one attached hydrogen (secondary N) is 1. The normalized spacial score (nSPS) is 14.4. The monoisotopic (exact) mass is 328 g/mol. The Labute approximate surface area is 125 Å². The molecule has 5 heteroatoms. The van der Waals surface area contributed by atoms with E-state index in [4.69, 9.17) is 5.10 Å². The van der Waals surface area contributed by atoms with Crippen molar-refractivity contribution in [2.75, 3.05) is 6.54 Å². The van der Waals surface area contributed by atoms with Crippen LogP contribution in [0.5, 0.6) is 0 Å². The molecule has 1 aromatic carbocycles. The van der Waals surface area contributed by atoms with Crippen molar-refractivity contribution in [2.45, 2.75) is 13.0 Å². The predicted molar refractivity (Wildman–Crippen MR) is 81.5 cm³/mol. The number of fused-ring (bicyclic) bond motifs is 3. The van der Waals surface area contributed by atoms with Gasteiger partial charge in [-0.05, 0) is 15.9 Å². The first-order valence-electron chi connectivity index (χ1n) is 6.66. The van der Waals surface area contributed by atoms with Crippen LogP contribution >= 0.6 is 15.9 Å². The van der Waals surface area contributed by atoms with E-state index in [1.54, 1.807) is 0 Å². The lowest BCUT2D eigenvalue weighted by atomic mass is 10.1. The Morgan fingerprint density at radius 3 is 2.90 bits per heavy atom. The van der Waals surface area contributed by atoms with Crippen LogP contribution in [0.3, 0.4) is 0 Å². The number of hydrogen-bond acceptors (Lipinski definition) is 3. The summed E-state index contributed by atoms with van der Waals surface area (Å²) < 4.78 is 2.95. The molecular formula is C15H13BrN4. The molecule has 1 N–H and O–H groups in total. The highest BCUT2D eigenvalue weighted by Gasteiger charge is 2.19. The molecule has 0 saturated carbocycles. The van der Waals surface area contributed by atoms with E-state index in [9.17, 15) is 0 Å². The minimum Gasteiger partial charge on any atom is -0.312 e. The van der Waals surface area contributed by atoms with Gasteiger partial charge in [0.25, 0.3) is 0 Å². The van der Waals surface area contributed by atoms with Gasteiger partial charge in [0.1, 0.15) is 5.69 Å². The van der Waals surface area contributed by atoms with E-state index in [1.165, 1.54) is 11.3 Å². The number of hydrogen-bond donors (Lipinski definition) is 1. The summed E-state index contributed by atoms with van der Waals surface area (Å²) in [6.45, 7) is 1.86. The van der Waals surface area contributed by atoms with E-state index in [-0.39, 0.29) is 0 Å². The molecule has 0 unspecified atom stereocenters. The lowest BCUT2D eigenvalue weighted by Gasteiger charge is -2.16. The second-order valence-corrected chi connectivity index (χ2v) is 5.71. The quantitative estimate of drug-likeness (QED) is 0.746. The molecule has 4 rings (SSSR count). The van der Waals surface area contributed by atoms with Crippen molar-refractivity contribution in [3.8, 4) is 11.3 Å². The maximum absolute atomic E-state index is 4.78. The fourth-order valence-electron chi connectivity index (χ4n) is 2.66. The zero-order valence-corrected chi connectivity index (χ0v) is 12.4. The molecule has 100 valence electrons. The van der Waals surface area contributed by atoms with Gasteiger partial charge in [-0.1, -0.05) is 30.3 Å². The van der Waals surface area contributed by atoms with Crippen molar-refractivity contribution in [1.82, 2.24) is 19.9 Å². The molecule has 4 nitrogen and oxygen atoms in total. The molecule has 0 amide bonds. The van der Waals surface area contributed by atoms with E-state index in [0.29, 0.717) is 0 Å². The second-order valence-electron chi connectivity index (χ2n) is 4.92. The van der Waals surface area contributed by atoms with Gasteiger partial charge in [-0.3, -0.25) is 0 Å². The van der Waals surface area contributed by atoms with Crippen molar-refractivity contribution < 1.29 is 0 Å². The summed E-state index contributed by atoms with van der Waals surface area (Å²) in [7, 11) is 0. The molecule has 20 heavy (non-hydrogen) atoms. The van der Waals surface area contributed by atoms with Gasteiger partial charge < -0.3 is 5.32 Å². The van der Waals surface area contributed by atoms with Crippen LogP contribution in [-0.2, 0) is 13.0 Å². The van der Waals surface area contributed by atoms with Crippen LogP contribution < -0.4 is 5.32 Å². The Morgan fingerprint density at radius 2 is 2.05 bits per heavy atom. The van der Waals surface area contributed by atoms with E-state index in [1.807, 2.05) is 28.9 Å². The van der Waals surface area contributed by atoms with Crippen LogP contribution in [0.4, 0.5) is 0 Å². The van der Waals surface area contributed by atoms with Crippen molar-refractivity contribution in [3.63, 3.8) is 0 Å². The SMILES string of the molecule is Brc1c(-c2ccccc2)nn2c3c(cnc12)CNCC3. The van der Waals surface area contributed by atoms with Crippen LogP contribution in [0.25, 0.3) is 16.9 Å². The third-order valence-electron chi connectivity index (χ3n) is 3.68.